The predicted octanol–water partition coefficient (Wildman–Crippen LogP) is 16.2. The third-order valence-corrected chi connectivity index (χ3v) is 15.7. The van der Waals surface area contributed by atoms with Gasteiger partial charge in [-0.25, -0.2) is 27.6 Å². The molecule has 0 saturated carbocycles. The summed E-state index contributed by atoms with van der Waals surface area (Å²) in [5.74, 6) is -7.82. The van der Waals surface area contributed by atoms with E-state index in [1.54, 1.807) is 146 Å². The molecule has 0 heterocycles. The summed E-state index contributed by atoms with van der Waals surface area (Å²) < 4.78 is 87.1. The number of anilines is 1. The number of esters is 5. The van der Waals surface area contributed by atoms with Crippen LogP contribution in [0.4, 0.5) is 18.9 Å². The Bertz CT molecular complexity index is 4370. The molecular formula is C76H61ClF3NO12. The third-order valence-electron chi connectivity index (χ3n) is 15.5. The van der Waals surface area contributed by atoms with Crippen LogP contribution >= 0.6 is 11.6 Å². The number of rotatable bonds is 22. The summed E-state index contributed by atoms with van der Waals surface area (Å²) in [4.78, 5) is 78.2. The number of halogens is 4. The molecule has 0 radical (unpaired) electrons. The highest BCUT2D eigenvalue weighted by Gasteiger charge is 2.40. The summed E-state index contributed by atoms with van der Waals surface area (Å²) in [5.41, 5.74) is 6.20. The number of nitrogens with zero attached hydrogens (tertiary/aromatic N) is 1. The molecule has 3 atom stereocenters. The SMILES string of the molecule is COc1ccc(-c2ccc(F)cc2)c(CC(=O)OC(C(=O)OC(C(=O)OC(C(=O)OC(=O)Cc2cc(F)ccc2-c2ccc(Cl)cc2)c2cc(F)ccc2-c2ccc(N(C)C)cc2)c2cc(OC)ccc2-c2ccccc2)c2cc(OC)ccc2-c2ccc(C)cc2)c1. The van der Waals surface area contributed by atoms with Gasteiger partial charge in [-0.3, -0.25) is 9.59 Å². The van der Waals surface area contributed by atoms with Gasteiger partial charge in [-0.15, -0.1) is 0 Å². The largest absolute Gasteiger partial charge is 0.497 e. The maximum atomic E-state index is 16.1. The average molecular weight is 1270 g/mol. The Hall–Kier alpha value is -11.0. The van der Waals surface area contributed by atoms with Crippen molar-refractivity contribution in [3.8, 4) is 72.9 Å². The number of methoxy groups -OCH3 is 3. The van der Waals surface area contributed by atoms with Crippen molar-refractivity contribution >= 4 is 47.1 Å². The van der Waals surface area contributed by atoms with E-state index in [1.165, 1.54) is 63.8 Å². The van der Waals surface area contributed by atoms with Gasteiger partial charge < -0.3 is 38.1 Å². The predicted molar refractivity (Wildman–Crippen MR) is 348 cm³/mol. The summed E-state index contributed by atoms with van der Waals surface area (Å²) in [6.07, 6.45) is -7.78. The molecule has 17 heteroatoms. The molecule has 10 rings (SSSR count). The second-order valence-electron chi connectivity index (χ2n) is 21.8. The first-order valence-corrected chi connectivity index (χ1v) is 29.6. The molecule has 0 spiro atoms. The molecular weight excluding hydrogens is 1210 g/mol. The first-order chi connectivity index (χ1) is 44.9. The number of carbonyl (C=O) groups is 5. The van der Waals surface area contributed by atoms with E-state index in [0.29, 0.717) is 66.4 Å². The fraction of sp³-hybridized carbons (Fsp3) is 0.145. The lowest BCUT2D eigenvalue weighted by atomic mass is 9.94. The summed E-state index contributed by atoms with van der Waals surface area (Å²) in [5, 5.41) is 0.421. The molecule has 10 aromatic carbocycles. The molecule has 0 bridgehead atoms. The zero-order valence-electron chi connectivity index (χ0n) is 51.3. The van der Waals surface area contributed by atoms with Crippen molar-refractivity contribution in [2.75, 3.05) is 40.3 Å². The van der Waals surface area contributed by atoms with Crippen molar-refractivity contribution in [2.24, 2.45) is 0 Å². The number of ether oxygens (including phenoxy) is 7. The molecule has 10 aromatic rings. The van der Waals surface area contributed by atoms with Crippen molar-refractivity contribution in [3.63, 3.8) is 0 Å². The van der Waals surface area contributed by atoms with Gasteiger partial charge in [-0.2, -0.15) is 0 Å². The molecule has 0 aliphatic rings. The van der Waals surface area contributed by atoms with Crippen LogP contribution in [0.2, 0.25) is 5.02 Å². The van der Waals surface area contributed by atoms with Gasteiger partial charge in [0.25, 0.3) is 0 Å². The van der Waals surface area contributed by atoms with Crippen LogP contribution in [0.1, 0.15) is 51.7 Å². The first-order valence-electron chi connectivity index (χ1n) is 29.2. The van der Waals surface area contributed by atoms with E-state index >= 15 is 23.2 Å². The van der Waals surface area contributed by atoms with E-state index in [9.17, 15) is 14.0 Å². The second kappa shape index (κ2) is 29.3. The number of aryl methyl sites for hydroxylation is 1. The third kappa shape index (κ3) is 15.6. The van der Waals surface area contributed by atoms with Crippen LogP contribution < -0.4 is 19.1 Å². The van der Waals surface area contributed by atoms with Gasteiger partial charge in [0.15, 0.2) is 0 Å². The van der Waals surface area contributed by atoms with Crippen LogP contribution in [0, 0.1) is 24.4 Å². The quantitative estimate of drug-likeness (QED) is 0.0360. The second-order valence-corrected chi connectivity index (χ2v) is 22.2. The molecule has 0 saturated heterocycles. The Morgan fingerprint density at radius 3 is 1.32 bits per heavy atom. The van der Waals surface area contributed by atoms with Crippen LogP contribution in [-0.4, -0.2) is 65.3 Å². The molecule has 470 valence electrons. The summed E-state index contributed by atoms with van der Waals surface area (Å²) in [7, 11) is 7.89. The minimum absolute atomic E-state index is 0.0455. The number of hydrogen-bond acceptors (Lipinski definition) is 13. The number of carbonyl (C=O) groups excluding carboxylic acids is 5. The zero-order chi connectivity index (χ0) is 65.9. The van der Waals surface area contributed by atoms with Crippen LogP contribution in [0.25, 0.3) is 55.6 Å². The van der Waals surface area contributed by atoms with E-state index < -0.39 is 78.5 Å². The lowest BCUT2D eigenvalue weighted by molar-refractivity contribution is -0.186. The highest BCUT2D eigenvalue weighted by atomic mass is 35.5. The Balaban J connectivity index is 1.11. The molecule has 3 unspecified atom stereocenters. The Morgan fingerprint density at radius 1 is 0.398 bits per heavy atom. The molecule has 0 N–H and O–H groups in total. The van der Waals surface area contributed by atoms with E-state index in [0.717, 1.165) is 29.4 Å². The van der Waals surface area contributed by atoms with Gasteiger partial charge in [-0.1, -0.05) is 138 Å². The minimum atomic E-state index is -2.32. The maximum absolute atomic E-state index is 16.1. The topological polar surface area (TPSA) is 153 Å². The average Bonchev–Trinajstić information content (AvgIpc) is 1.15. The van der Waals surface area contributed by atoms with Gasteiger partial charge in [-0.05, 0) is 171 Å². The van der Waals surface area contributed by atoms with Crippen molar-refractivity contribution < 1.29 is 70.3 Å². The molecule has 0 amide bonds. The highest BCUT2D eigenvalue weighted by molar-refractivity contribution is 6.30. The number of benzene rings is 10. The lowest BCUT2D eigenvalue weighted by Crippen LogP contribution is -2.32. The molecule has 93 heavy (non-hydrogen) atoms. The molecule has 0 aromatic heterocycles. The monoisotopic (exact) mass is 1270 g/mol. The Kier molecular flexibility index (Phi) is 20.5. The van der Waals surface area contributed by atoms with Crippen LogP contribution in [-0.2, 0) is 55.8 Å². The normalized spacial score (nSPS) is 11.9. The minimum Gasteiger partial charge on any atom is -0.497 e. The highest BCUT2D eigenvalue weighted by Crippen LogP contribution is 2.42. The van der Waals surface area contributed by atoms with Gasteiger partial charge in [0.2, 0.25) is 18.3 Å². The molecule has 0 fully saturated rings. The maximum Gasteiger partial charge on any atom is 0.359 e. The van der Waals surface area contributed by atoms with E-state index in [1.807, 2.05) is 38.1 Å². The smallest absolute Gasteiger partial charge is 0.359 e. The Labute approximate surface area is 540 Å². The van der Waals surface area contributed by atoms with Crippen molar-refractivity contribution in [2.45, 2.75) is 38.1 Å². The molecule has 0 aliphatic carbocycles. The fourth-order valence-electron chi connectivity index (χ4n) is 10.7. The van der Waals surface area contributed by atoms with Gasteiger partial charge in [0.1, 0.15) is 34.7 Å². The summed E-state index contributed by atoms with van der Waals surface area (Å²) >= 11 is 6.19. The van der Waals surface area contributed by atoms with E-state index in [2.05, 4.69) is 0 Å². The van der Waals surface area contributed by atoms with Crippen molar-refractivity contribution in [1.29, 1.82) is 0 Å². The van der Waals surface area contributed by atoms with Gasteiger partial charge in [0.05, 0.1) is 34.2 Å². The van der Waals surface area contributed by atoms with Gasteiger partial charge in [0, 0.05) is 41.5 Å². The number of hydrogen-bond donors (Lipinski definition) is 0. The first kappa shape index (κ1) is 65.0. The van der Waals surface area contributed by atoms with Crippen LogP contribution in [0.5, 0.6) is 17.2 Å². The van der Waals surface area contributed by atoms with Crippen molar-refractivity contribution in [3.05, 3.63) is 274 Å². The summed E-state index contributed by atoms with van der Waals surface area (Å²) in [6, 6.07) is 56.7. The van der Waals surface area contributed by atoms with E-state index in [-0.39, 0.29) is 39.3 Å². The molecule has 0 aliphatic heterocycles. The summed E-state index contributed by atoms with van der Waals surface area (Å²) in [6.45, 7) is 1.90. The van der Waals surface area contributed by atoms with Gasteiger partial charge >= 0.3 is 29.8 Å². The van der Waals surface area contributed by atoms with E-state index in [4.69, 9.17) is 44.8 Å². The zero-order valence-corrected chi connectivity index (χ0v) is 52.0. The van der Waals surface area contributed by atoms with Crippen LogP contribution in [0.3, 0.4) is 0 Å². The fourth-order valence-corrected chi connectivity index (χ4v) is 10.9. The van der Waals surface area contributed by atoms with Crippen LogP contribution in [0.15, 0.2) is 218 Å². The lowest BCUT2D eigenvalue weighted by Gasteiger charge is -2.27. The standard InChI is InChI=1S/C76H61ClF3NO12/c1-45-12-14-49(15-13-45)65-37-32-59(88-5)43-67(65)71(90-69(82)41-52-39-58(87-4)30-35-62(52)48-18-24-54(78)25-19-48)75(85)93-73(68-44-60(89-6)31-36-64(68)46-10-8-7-9-11-46)76(86)92-72(66-42-56(80)27-34-63(66)50-20-28-57(29-21-50)81(2)3)74(84)91-70(83)40-51-38-55(79)26-33-61(51)47-16-22-53(77)23-17-47/h7-39,42-44,71-73H,40-41H2,1-6H3. The Morgan fingerprint density at radius 2 is 0.785 bits per heavy atom. The van der Waals surface area contributed by atoms with Crippen molar-refractivity contribution in [1.82, 2.24) is 0 Å². The molecule has 13 nitrogen and oxygen atoms in total.